The van der Waals surface area contributed by atoms with Crippen molar-refractivity contribution < 1.29 is 0 Å². The van der Waals surface area contributed by atoms with Crippen LogP contribution in [-0.2, 0) is 6.54 Å². The molecule has 0 unspecified atom stereocenters. The normalized spacial score (nSPS) is 18.0. The zero-order valence-electron chi connectivity index (χ0n) is 10.4. The highest BCUT2D eigenvalue weighted by atomic mass is 32.2. The summed E-state index contributed by atoms with van der Waals surface area (Å²) in [6.45, 7) is 6.37. The lowest BCUT2D eigenvalue weighted by Crippen LogP contribution is -2.25. The SMILES string of the molecule is CSC1(CNCc2cnn(C(C)C)c2)CC1. The largest absolute Gasteiger partial charge is 0.311 e. The molecule has 0 amide bonds. The Balaban J connectivity index is 1.77. The van der Waals surface area contributed by atoms with Crippen LogP contribution in [0.25, 0.3) is 0 Å². The molecule has 3 nitrogen and oxygen atoms in total. The van der Waals surface area contributed by atoms with Crippen LogP contribution in [0.2, 0.25) is 0 Å². The maximum Gasteiger partial charge on any atom is 0.0534 e. The quantitative estimate of drug-likeness (QED) is 0.827. The summed E-state index contributed by atoms with van der Waals surface area (Å²) in [5, 5.41) is 7.87. The Labute approximate surface area is 102 Å². The average Bonchev–Trinajstić information content (AvgIpc) is 2.88. The molecule has 0 saturated heterocycles. The number of hydrogen-bond acceptors (Lipinski definition) is 3. The second kappa shape index (κ2) is 4.80. The first-order chi connectivity index (χ1) is 7.65. The zero-order chi connectivity index (χ0) is 11.6. The molecule has 1 aliphatic rings. The molecule has 0 bridgehead atoms. The standard InChI is InChI=1S/C12H21N3S/c1-10(2)15-8-11(7-14-15)6-13-9-12(16-3)4-5-12/h7-8,10,13H,4-6,9H2,1-3H3. The Morgan fingerprint density at radius 1 is 1.56 bits per heavy atom. The van der Waals surface area contributed by atoms with Gasteiger partial charge in [0.1, 0.15) is 0 Å². The summed E-state index contributed by atoms with van der Waals surface area (Å²) < 4.78 is 2.56. The van der Waals surface area contributed by atoms with Gasteiger partial charge in [0.05, 0.1) is 6.20 Å². The Morgan fingerprint density at radius 2 is 2.31 bits per heavy atom. The topological polar surface area (TPSA) is 29.9 Å². The number of hydrogen-bond donors (Lipinski definition) is 1. The van der Waals surface area contributed by atoms with Crippen LogP contribution < -0.4 is 5.32 Å². The lowest BCUT2D eigenvalue weighted by Gasteiger charge is -2.12. The van der Waals surface area contributed by atoms with Crippen LogP contribution in [0.5, 0.6) is 0 Å². The van der Waals surface area contributed by atoms with Crippen molar-refractivity contribution in [3.05, 3.63) is 18.0 Å². The van der Waals surface area contributed by atoms with Crippen LogP contribution in [0, 0.1) is 0 Å². The molecule has 4 heteroatoms. The van der Waals surface area contributed by atoms with Crippen LogP contribution in [0.15, 0.2) is 12.4 Å². The molecule has 2 rings (SSSR count). The highest BCUT2D eigenvalue weighted by Gasteiger charge is 2.41. The van der Waals surface area contributed by atoms with E-state index in [0.29, 0.717) is 10.8 Å². The zero-order valence-corrected chi connectivity index (χ0v) is 11.2. The molecular weight excluding hydrogens is 218 g/mol. The summed E-state index contributed by atoms with van der Waals surface area (Å²) in [5.74, 6) is 0. The van der Waals surface area contributed by atoms with Crippen molar-refractivity contribution in [3.8, 4) is 0 Å². The van der Waals surface area contributed by atoms with Gasteiger partial charge in [-0.1, -0.05) is 0 Å². The van der Waals surface area contributed by atoms with E-state index >= 15 is 0 Å². The summed E-state index contributed by atoms with van der Waals surface area (Å²) >= 11 is 2.00. The fraction of sp³-hybridized carbons (Fsp3) is 0.750. The third-order valence-electron chi connectivity index (χ3n) is 3.20. The molecular formula is C12H21N3S. The van der Waals surface area contributed by atoms with Crippen molar-refractivity contribution in [2.45, 2.75) is 44.0 Å². The van der Waals surface area contributed by atoms with Gasteiger partial charge in [0.25, 0.3) is 0 Å². The minimum Gasteiger partial charge on any atom is -0.311 e. The predicted octanol–water partition coefficient (Wildman–Crippen LogP) is 2.45. The molecule has 1 aromatic heterocycles. The van der Waals surface area contributed by atoms with Gasteiger partial charge >= 0.3 is 0 Å². The lowest BCUT2D eigenvalue weighted by molar-refractivity contribution is 0.531. The molecule has 1 saturated carbocycles. The van der Waals surface area contributed by atoms with Crippen LogP contribution in [-0.4, -0.2) is 27.3 Å². The fourth-order valence-corrected chi connectivity index (χ4v) is 2.53. The smallest absolute Gasteiger partial charge is 0.0534 e. The highest BCUT2D eigenvalue weighted by molar-refractivity contribution is 8.00. The van der Waals surface area contributed by atoms with Gasteiger partial charge in [-0.15, -0.1) is 0 Å². The molecule has 1 fully saturated rings. The fourth-order valence-electron chi connectivity index (χ4n) is 1.78. The number of rotatable bonds is 6. The Kier molecular flexibility index (Phi) is 3.60. The van der Waals surface area contributed by atoms with E-state index in [1.807, 2.05) is 22.6 Å². The third-order valence-corrected chi connectivity index (χ3v) is 4.62. The van der Waals surface area contributed by atoms with Gasteiger partial charge in [-0.25, -0.2) is 0 Å². The maximum absolute atomic E-state index is 4.34. The van der Waals surface area contributed by atoms with Gasteiger partial charge in [0.2, 0.25) is 0 Å². The van der Waals surface area contributed by atoms with E-state index in [9.17, 15) is 0 Å². The molecule has 16 heavy (non-hydrogen) atoms. The van der Waals surface area contributed by atoms with Gasteiger partial charge in [-0.05, 0) is 32.9 Å². The first-order valence-electron chi connectivity index (χ1n) is 5.94. The summed E-state index contributed by atoms with van der Waals surface area (Å²) in [7, 11) is 0. The number of nitrogens with one attached hydrogen (secondary N) is 1. The summed E-state index contributed by atoms with van der Waals surface area (Å²) in [5.41, 5.74) is 1.28. The van der Waals surface area contributed by atoms with E-state index in [0.717, 1.165) is 13.1 Å². The number of nitrogens with zero attached hydrogens (tertiary/aromatic N) is 2. The van der Waals surface area contributed by atoms with Gasteiger partial charge in [-0.2, -0.15) is 16.9 Å². The second-order valence-electron chi connectivity index (χ2n) is 4.91. The number of aromatic nitrogens is 2. The molecule has 0 spiro atoms. The molecule has 1 aromatic rings. The summed E-state index contributed by atoms with van der Waals surface area (Å²) in [4.78, 5) is 0. The molecule has 0 radical (unpaired) electrons. The summed E-state index contributed by atoms with van der Waals surface area (Å²) in [6.07, 6.45) is 9.05. The van der Waals surface area contributed by atoms with E-state index in [2.05, 4.69) is 36.7 Å². The Morgan fingerprint density at radius 3 is 2.81 bits per heavy atom. The van der Waals surface area contributed by atoms with E-state index in [1.165, 1.54) is 18.4 Å². The minimum atomic E-state index is 0.453. The van der Waals surface area contributed by atoms with Crippen molar-refractivity contribution in [1.82, 2.24) is 15.1 Å². The van der Waals surface area contributed by atoms with Crippen LogP contribution in [0.1, 0.15) is 38.3 Å². The first kappa shape index (κ1) is 12.0. The van der Waals surface area contributed by atoms with Crippen molar-refractivity contribution in [3.63, 3.8) is 0 Å². The van der Waals surface area contributed by atoms with E-state index in [4.69, 9.17) is 0 Å². The van der Waals surface area contributed by atoms with Crippen molar-refractivity contribution in [2.75, 3.05) is 12.8 Å². The molecule has 1 heterocycles. The highest BCUT2D eigenvalue weighted by Crippen LogP contribution is 2.46. The van der Waals surface area contributed by atoms with Crippen LogP contribution in [0.4, 0.5) is 0 Å². The minimum absolute atomic E-state index is 0.453. The molecule has 90 valence electrons. The van der Waals surface area contributed by atoms with E-state index < -0.39 is 0 Å². The number of thioether (sulfide) groups is 1. The first-order valence-corrected chi connectivity index (χ1v) is 7.17. The molecule has 0 aliphatic heterocycles. The van der Waals surface area contributed by atoms with Crippen LogP contribution in [0.3, 0.4) is 0 Å². The monoisotopic (exact) mass is 239 g/mol. The van der Waals surface area contributed by atoms with E-state index in [1.54, 1.807) is 0 Å². The average molecular weight is 239 g/mol. The predicted molar refractivity (Wildman–Crippen MR) is 69.8 cm³/mol. The summed E-state index contributed by atoms with van der Waals surface area (Å²) in [6, 6.07) is 0.453. The van der Waals surface area contributed by atoms with Gasteiger partial charge in [0.15, 0.2) is 0 Å². The van der Waals surface area contributed by atoms with Gasteiger partial charge < -0.3 is 5.32 Å². The maximum atomic E-state index is 4.34. The van der Waals surface area contributed by atoms with Crippen molar-refractivity contribution >= 4 is 11.8 Å². The molecule has 0 aromatic carbocycles. The van der Waals surface area contributed by atoms with Gasteiger partial charge in [0, 0.05) is 35.6 Å². The molecule has 1 N–H and O–H groups in total. The van der Waals surface area contributed by atoms with Crippen molar-refractivity contribution in [1.29, 1.82) is 0 Å². The van der Waals surface area contributed by atoms with E-state index in [-0.39, 0.29) is 0 Å². The second-order valence-corrected chi connectivity index (χ2v) is 6.19. The molecule has 1 aliphatic carbocycles. The van der Waals surface area contributed by atoms with Crippen LogP contribution >= 0.6 is 11.8 Å². The Hall–Kier alpha value is -0.480. The third kappa shape index (κ3) is 2.80. The van der Waals surface area contributed by atoms with Gasteiger partial charge in [-0.3, -0.25) is 4.68 Å². The lowest BCUT2D eigenvalue weighted by atomic mass is 10.3. The Bertz CT molecular complexity index is 342. The van der Waals surface area contributed by atoms with Crippen molar-refractivity contribution in [2.24, 2.45) is 0 Å². The molecule has 0 atom stereocenters.